The van der Waals surface area contributed by atoms with Gasteiger partial charge in [-0.25, -0.2) is 4.68 Å². The van der Waals surface area contributed by atoms with Crippen LogP contribution >= 0.6 is 0 Å². The Hall–Kier alpha value is -3.02. The number of aromatic nitrogens is 3. The Morgan fingerprint density at radius 1 is 1.10 bits per heavy atom. The van der Waals surface area contributed by atoms with Crippen LogP contribution in [-0.4, -0.2) is 21.9 Å². The Morgan fingerprint density at radius 3 is 2.67 bits per heavy atom. The molecule has 1 aromatic heterocycles. The van der Waals surface area contributed by atoms with Crippen molar-refractivity contribution in [2.75, 3.05) is 12.8 Å². The number of nitrogens with two attached hydrogens (primary N) is 1. The lowest BCUT2D eigenvalue weighted by molar-refractivity contribution is 0.406. The van der Waals surface area contributed by atoms with Gasteiger partial charge in [0, 0.05) is 6.07 Å². The normalized spacial score (nSPS) is 10.3. The van der Waals surface area contributed by atoms with Crippen molar-refractivity contribution < 1.29 is 9.47 Å². The first kappa shape index (κ1) is 13.0. The SMILES string of the molecule is COc1cc(Oc2ncn(-c3ccccc3)n2)ccc1N. The monoisotopic (exact) mass is 282 g/mol. The van der Waals surface area contributed by atoms with Gasteiger partial charge in [0.15, 0.2) is 0 Å². The van der Waals surface area contributed by atoms with Crippen molar-refractivity contribution in [1.29, 1.82) is 0 Å². The second-order valence-electron chi connectivity index (χ2n) is 4.31. The number of hydrogen-bond acceptors (Lipinski definition) is 5. The zero-order valence-electron chi connectivity index (χ0n) is 11.4. The number of hydrogen-bond donors (Lipinski definition) is 1. The van der Waals surface area contributed by atoms with Crippen molar-refractivity contribution in [1.82, 2.24) is 14.8 Å². The average Bonchev–Trinajstić information content (AvgIpc) is 2.98. The lowest BCUT2D eigenvalue weighted by Gasteiger charge is -2.06. The van der Waals surface area contributed by atoms with Crippen molar-refractivity contribution in [3.63, 3.8) is 0 Å². The highest BCUT2D eigenvalue weighted by Gasteiger charge is 2.07. The Balaban J connectivity index is 1.82. The molecule has 3 aromatic rings. The predicted octanol–water partition coefficient (Wildman–Crippen LogP) is 2.65. The van der Waals surface area contributed by atoms with Crippen molar-refractivity contribution >= 4 is 5.69 Å². The molecule has 0 aliphatic carbocycles. The molecule has 2 N–H and O–H groups in total. The maximum Gasteiger partial charge on any atom is 0.341 e. The van der Waals surface area contributed by atoms with E-state index in [9.17, 15) is 0 Å². The van der Waals surface area contributed by atoms with Gasteiger partial charge in [-0.05, 0) is 24.3 Å². The van der Waals surface area contributed by atoms with Crippen LogP contribution in [-0.2, 0) is 0 Å². The van der Waals surface area contributed by atoms with E-state index in [4.69, 9.17) is 15.2 Å². The second-order valence-corrected chi connectivity index (χ2v) is 4.31. The average molecular weight is 282 g/mol. The molecule has 21 heavy (non-hydrogen) atoms. The van der Waals surface area contributed by atoms with Crippen LogP contribution in [0.5, 0.6) is 17.5 Å². The summed E-state index contributed by atoms with van der Waals surface area (Å²) >= 11 is 0. The summed E-state index contributed by atoms with van der Waals surface area (Å²) in [6.07, 6.45) is 1.60. The van der Waals surface area contributed by atoms with E-state index in [2.05, 4.69) is 10.1 Å². The largest absolute Gasteiger partial charge is 0.494 e. The number of anilines is 1. The highest BCUT2D eigenvalue weighted by atomic mass is 16.5. The maximum atomic E-state index is 5.76. The number of benzene rings is 2. The van der Waals surface area contributed by atoms with E-state index in [1.165, 1.54) is 0 Å². The van der Waals surface area contributed by atoms with E-state index in [0.29, 0.717) is 17.2 Å². The molecule has 106 valence electrons. The zero-order chi connectivity index (χ0) is 14.7. The van der Waals surface area contributed by atoms with Crippen LogP contribution < -0.4 is 15.2 Å². The Bertz CT molecular complexity index is 740. The molecule has 0 spiro atoms. The molecule has 0 bridgehead atoms. The summed E-state index contributed by atoms with van der Waals surface area (Å²) in [6.45, 7) is 0. The van der Waals surface area contributed by atoms with Crippen LogP contribution in [0.25, 0.3) is 5.69 Å². The van der Waals surface area contributed by atoms with Crippen LogP contribution in [0.3, 0.4) is 0 Å². The van der Waals surface area contributed by atoms with Gasteiger partial charge in [0.05, 0.1) is 18.5 Å². The van der Waals surface area contributed by atoms with Gasteiger partial charge in [0.1, 0.15) is 17.8 Å². The van der Waals surface area contributed by atoms with Crippen LogP contribution in [0, 0.1) is 0 Å². The molecule has 6 nitrogen and oxygen atoms in total. The van der Waals surface area contributed by atoms with E-state index < -0.39 is 0 Å². The fourth-order valence-corrected chi connectivity index (χ4v) is 1.86. The third-order valence-corrected chi connectivity index (χ3v) is 2.91. The summed E-state index contributed by atoms with van der Waals surface area (Å²) in [5, 5.41) is 4.26. The molecule has 1 heterocycles. The van der Waals surface area contributed by atoms with E-state index in [1.807, 2.05) is 30.3 Å². The molecular weight excluding hydrogens is 268 g/mol. The molecule has 2 aromatic carbocycles. The van der Waals surface area contributed by atoms with E-state index in [0.717, 1.165) is 5.69 Å². The molecule has 0 atom stereocenters. The standard InChI is InChI=1S/C15H14N4O2/c1-20-14-9-12(7-8-13(14)16)21-15-17-10-19(18-15)11-5-3-2-4-6-11/h2-10H,16H2,1H3. The number of para-hydroxylation sites is 1. The van der Waals surface area contributed by atoms with Gasteiger partial charge in [-0.1, -0.05) is 18.2 Å². The van der Waals surface area contributed by atoms with Crippen LogP contribution in [0.15, 0.2) is 54.9 Å². The molecule has 3 rings (SSSR count). The molecule has 0 radical (unpaired) electrons. The molecule has 0 saturated heterocycles. The fraction of sp³-hybridized carbons (Fsp3) is 0.0667. The zero-order valence-corrected chi connectivity index (χ0v) is 11.4. The third kappa shape index (κ3) is 2.79. The lowest BCUT2D eigenvalue weighted by atomic mass is 10.3. The smallest absolute Gasteiger partial charge is 0.341 e. The van der Waals surface area contributed by atoms with Crippen molar-refractivity contribution in [3.8, 4) is 23.2 Å². The summed E-state index contributed by atoms with van der Waals surface area (Å²) in [7, 11) is 1.55. The molecule has 0 fully saturated rings. The first-order valence-corrected chi connectivity index (χ1v) is 6.35. The van der Waals surface area contributed by atoms with Gasteiger partial charge in [0.2, 0.25) is 0 Å². The molecule has 6 heteroatoms. The van der Waals surface area contributed by atoms with Crippen LogP contribution in [0.2, 0.25) is 0 Å². The molecule has 0 unspecified atom stereocenters. The van der Waals surface area contributed by atoms with Crippen LogP contribution in [0.4, 0.5) is 5.69 Å². The molecule has 0 aliphatic rings. The first-order chi connectivity index (χ1) is 10.3. The minimum Gasteiger partial charge on any atom is -0.494 e. The van der Waals surface area contributed by atoms with Gasteiger partial charge in [0.25, 0.3) is 0 Å². The van der Waals surface area contributed by atoms with Crippen molar-refractivity contribution in [2.24, 2.45) is 0 Å². The van der Waals surface area contributed by atoms with Crippen molar-refractivity contribution in [3.05, 3.63) is 54.9 Å². The topological polar surface area (TPSA) is 75.2 Å². The molecule has 0 saturated carbocycles. The minimum atomic E-state index is 0.255. The summed E-state index contributed by atoms with van der Waals surface area (Å²) in [6, 6.07) is 15.1. The fourth-order valence-electron chi connectivity index (χ4n) is 1.86. The van der Waals surface area contributed by atoms with E-state index >= 15 is 0 Å². The second kappa shape index (κ2) is 5.54. The Morgan fingerprint density at radius 2 is 1.90 bits per heavy atom. The maximum absolute atomic E-state index is 5.76. The summed E-state index contributed by atoms with van der Waals surface area (Å²) < 4.78 is 12.4. The number of nitrogens with zero attached hydrogens (tertiary/aromatic N) is 3. The molecule has 0 aliphatic heterocycles. The van der Waals surface area contributed by atoms with Gasteiger partial charge in [-0.15, -0.1) is 5.10 Å². The van der Waals surface area contributed by atoms with Gasteiger partial charge >= 0.3 is 6.01 Å². The highest BCUT2D eigenvalue weighted by Crippen LogP contribution is 2.28. The minimum absolute atomic E-state index is 0.255. The highest BCUT2D eigenvalue weighted by molar-refractivity contribution is 5.55. The number of methoxy groups -OCH3 is 1. The summed E-state index contributed by atoms with van der Waals surface area (Å²) in [4.78, 5) is 4.12. The number of nitrogen functional groups attached to an aromatic ring is 1. The number of ether oxygens (including phenoxy) is 2. The van der Waals surface area contributed by atoms with E-state index in [-0.39, 0.29) is 6.01 Å². The lowest BCUT2D eigenvalue weighted by Crippen LogP contribution is -1.95. The predicted molar refractivity (Wildman–Crippen MR) is 78.8 cm³/mol. The molecule has 0 amide bonds. The third-order valence-electron chi connectivity index (χ3n) is 2.91. The Kier molecular flexibility index (Phi) is 3.42. The van der Waals surface area contributed by atoms with Gasteiger partial charge in [-0.2, -0.15) is 4.98 Å². The van der Waals surface area contributed by atoms with Gasteiger partial charge in [-0.3, -0.25) is 0 Å². The van der Waals surface area contributed by atoms with Crippen molar-refractivity contribution in [2.45, 2.75) is 0 Å². The van der Waals surface area contributed by atoms with E-state index in [1.54, 1.807) is 36.3 Å². The number of rotatable bonds is 4. The van der Waals surface area contributed by atoms with Gasteiger partial charge < -0.3 is 15.2 Å². The summed E-state index contributed by atoms with van der Waals surface area (Å²) in [5.41, 5.74) is 7.22. The Labute approximate surface area is 121 Å². The summed E-state index contributed by atoms with van der Waals surface area (Å²) in [5.74, 6) is 1.11. The quantitative estimate of drug-likeness (QED) is 0.744. The van der Waals surface area contributed by atoms with Crippen LogP contribution in [0.1, 0.15) is 0 Å². The molecular formula is C15H14N4O2. The first-order valence-electron chi connectivity index (χ1n) is 6.35.